The van der Waals surface area contributed by atoms with Gasteiger partial charge in [-0.1, -0.05) is 18.2 Å². The number of phenolic OH excluding ortho intramolecular Hbond substituents is 2. The Morgan fingerprint density at radius 3 is 2.21 bits per heavy atom. The molecule has 3 aromatic carbocycles. The van der Waals surface area contributed by atoms with Crippen LogP contribution >= 0.6 is 0 Å². The van der Waals surface area contributed by atoms with E-state index in [0.717, 1.165) is 12.1 Å². The van der Waals surface area contributed by atoms with Crippen LogP contribution in [-0.4, -0.2) is 26.7 Å². The van der Waals surface area contributed by atoms with Crippen LogP contribution in [0.2, 0.25) is 0 Å². The van der Waals surface area contributed by atoms with Crippen molar-refractivity contribution < 1.29 is 24.7 Å². The molecule has 28 heavy (non-hydrogen) atoms. The average molecular weight is 376 g/mol. The minimum absolute atomic E-state index is 0.0399. The van der Waals surface area contributed by atoms with Crippen molar-refractivity contribution in [2.75, 3.05) is 5.32 Å². The van der Waals surface area contributed by atoms with Gasteiger partial charge in [0, 0.05) is 28.4 Å². The molecule has 1 aliphatic carbocycles. The smallest absolute Gasteiger partial charge is 0.311 e. The zero-order valence-electron chi connectivity index (χ0n) is 14.2. The number of nitrogens with one attached hydrogen (secondary N) is 1. The number of hydrogen-bond acceptors (Lipinski definition) is 7. The van der Waals surface area contributed by atoms with Crippen LogP contribution in [0.15, 0.2) is 54.6 Å². The molecule has 0 heterocycles. The molecule has 0 bridgehead atoms. The summed E-state index contributed by atoms with van der Waals surface area (Å²) in [5, 5.41) is 34.4. The van der Waals surface area contributed by atoms with E-state index >= 15 is 0 Å². The van der Waals surface area contributed by atoms with Crippen LogP contribution in [0.1, 0.15) is 31.8 Å². The largest absolute Gasteiger partial charge is 0.505 e. The molecule has 8 nitrogen and oxygen atoms in total. The molecule has 3 aromatic rings. The Labute approximate surface area is 157 Å². The molecule has 0 aliphatic heterocycles. The second kappa shape index (κ2) is 6.20. The molecule has 0 radical (unpaired) electrons. The number of carbonyl (C=O) groups is 2. The molecular formula is C20H12N2O6. The highest BCUT2D eigenvalue weighted by Gasteiger charge is 2.35. The van der Waals surface area contributed by atoms with Crippen molar-refractivity contribution in [2.24, 2.45) is 0 Å². The summed E-state index contributed by atoms with van der Waals surface area (Å²) in [6.45, 7) is 0. The van der Waals surface area contributed by atoms with E-state index in [1.165, 1.54) is 12.1 Å². The van der Waals surface area contributed by atoms with Gasteiger partial charge in [0.2, 0.25) is 0 Å². The van der Waals surface area contributed by atoms with Gasteiger partial charge in [-0.15, -0.1) is 0 Å². The lowest BCUT2D eigenvalue weighted by atomic mass is 9.83. The molecular weight excluding hydrogens is 364 g/mol. The van der Waals surface area contributed by atoms with Gasteiger partial charge in [-0.25, -0.2) is 0 Å². The number of carbonyl (C=O) groups excluding carboxylic acids is 2. The van der Waals surface area contributed by atoms with E-state index in [-0.39, 0.29) is 27.9 Å². The zero-order valence-corrected chi connectivity index (χ0v) is 14.2. The highest BCUT2D eigenvalue weighted by atomic mass is 16.6. The van der Waals surface area contributed by atoms with Crippen LogP contribution in [0.4, 0.5) is 17.1 Å². The summed E-state index contributed by atoms with van der Waals surface area (Å²) in [4.78, 5) is 35.9. The summed E-state index contributed by atoms with van der Waals surface area (Å²) >= 11 is 0. The molecule has 138 valence electrons. The molecule has 3 N–H and O–H groups in total. The summed E-state index contributed by atoms with van der Waals surface area (Å²) < 4.78 is 0. The van der Waals surface area contributed by atoms with Crippen molar-refractivity contribution in [3.63, 3.8) is 0 Å². The first-order chi connectivity index (χ1) is 13.4. The number of para-hydroxylation sites is 1. The molecule has 0 saturated heterocycles. The first-order valence-corrected chi connectivity index (χ1v) is 8.17. The number of ketones is 2. The van der Waals surface area contributed by atoms with Gasteiger partial charge in [0.1, 0.15) is 0 Å². The number of rotatable bonds is 3. The number of anilines is 2. The van der Waals surface area contributed by atoms with E-state index in [1.807, 2.05) is 6.07 Å². The van der Waals surface area contributed by atoms with Crippen molar-refractivity contribution in [1.82, 2.24) is 0 Å². The minimum atomic E-state index is -0.851. The average Bonchev–Trinajstić information content (AvgIpc) is 2.68. The van der Waals surface area contributed by atoms with Crippen molar-refractivity contribution >= 4 is 28.6 Å². The number of fused-ring (bicyclic) bond motifs is 2. The van der Waals surface area contributed by atoms with Gasteiger partial charge in [0.25, 0.3) is 0 Å². The van der Waals surface area contributed by atoms with Crippen LogP contribution in [0.25, 0.3) is 0 Å². The number of nitro groups is 1. The molecule has 4 rings (SSSR count). The third-order valence-corrected chi connectivity index (χ3v) is 4.50. The van der Waals surface area contributed by atoms with E-state index in [0.29, 0.717) is 5.69 Å². The van der Waals surface area contributed by atoms with Gasteiger partial charge in [-0.3, -0.25) is 19.7 Å². The predicted molar refractivity (Wildman–Crippen MR) is 99.5 cm³/mol. The van der Waals surface area contributed by atoms with Crippen molar-refractivity contribution in [3.8, 4) is 11.5 Å². The Morgan fingerprint density at radius 1 is 0.857 bits per heavy atom. The number of nitrogens with zero attached hydrogens (tertiary/aromatic N) is 1. The fourth-order valence-corrected chi connectivity index (χ4v) is 3.17. The maximum atomic E-state index is 12.9. The molecule has 8 heteroatoms. The summed E-state index contributed by atoms with van der Waals surface area (Å²) in [5.74, 6) is -2.49. The second-order valence-electron chi connectivity index (χ2n) is 6.18. The van der Waals surface area contributed by atoms with Crippen molar-refractivity contribution in [2.45, 2.75) is 0 Å². The second-order valence-corrected chi connectivity index (χ2v) is 6.18. The van der Waals surface area contributed by atoms with Crippen molar-refractivity contribution in [1.29, 1.82) is 0 Å². The Kier molecular flexibility index (Phi) is 3.82. The standard InChI is InChI=1S/C20H12N2O6/c23-16-9-13-12(8-15(16)22(27)28)19(25)17-11(18(13)24)6-7-14(20(17)26)21-10-4-2-1-3-5-10/h1-9,21,23,26H. The maximum absolute atomic E-state index is 12.9. The fourth-order valence-electron chi connectivity index (χ4n) is 3.17. The predicted octanol–water partition coefficient (Wildman–Crippen LogP) is 3.53. The molecule has 0 fully saturated rings. The van der Waals surface area contributed by atoms with Crippen LogP contribution < -0.4 is 5.32 Å². The van der Waals surface area contributed by atoms with E-state index in [2.05, 4.69) is 5.32 Å². The SMILES string of the molecule is O=C1c2cc(O)c([N+](=O)[O-])cc2C(=O)c2c1ccc(Nc1ccccc1)c2O. The first kappa shape index (κ1) is 17.2. The minimum Gasteiger partial charge on any atom is -0.505 e. The lowest BCUT2D eigenvalue weighted by Crippen LogP contribution is -2.21. The molecule has 0 amide bonds. The van der Waals surface area contributed by atoms with Gasteiger partial charge in [-0.05, 0) is 30.3 Å². The van der Waals surface area contributed by atoms with Crippen LogP contribution in [0.5, 0.6) is 11.5 Å². The lowest BCUT2D eigenvalue weighted by Gasteiger charge is -2.20. The molecule has 0 spiro atoms. The van der Waals surface area contributed by atoms with Gasteiger partial charge in [0.15, 0.2) is 23.1 Å². The van der Waals surface area contributed by atoms with Crippen LogP contribution in [0.3, 0.4) is 0 Å². The quantitative estimate of drug-likeness (QED) is 0.283. The normalized spacial score (nSPS) is 12.3. The maximum Gasteiger partial charge on any atom is 0.311 e. The highest BCUT2D eigenvalue weighted by molar-refractivity contribution is 6.30. The molecule has 1 aliphatic rings. The Bertz CT molecular complexity index is 1170. The zero-order chi connectivity index (χ0) is 20.0. The first-order valence-electron chi connectivity index (χ1n) is 8.17. The Morgan fingerprint density at radius 2 is 1.54 bits per heavy atom. The summed E-state index contributed by atoms with van der Waals surface area (Å²) in [6, 6.07) is 13.5. The Balaban J connectivity index is 1.86. The number of phenols is 2. The monoisotopic (exact) mass is 376 g/mol. The Hall–Kier alpha value is -4.20. The van der Waals surface area contributed by atoms with E-state index in [4.69, 9.17) is 0 Å². The van der Waals surface area contributed by atoms with E-state index in [1.54, 1.807) is 24.3 Å². The van der Waals surface area contributed by atoms with Crippen LogP contribution in [0, 0.1) is 10.1 Å². The number of benzene rings is 3. The number of hydrogen-bond donors (Lipinski definition) is 3. The van der Waals surface area contributed by atoms with E-state index in [9.17, 15) is 29.9 Å². The topological polar surface area (TPSA) is 130 Å². The third-order valence-electron chi connectivity index (χ3n) is 4.50. The highest BCUT2D eigenvalue weighted by Crippen LogP contribution is 2.41. The fraction of sp³-hybridized carbons (Fsp3) is 0. The number of nitro benzene ring substituents is 1. The van der Waals surface area contributed by atoms with Gasteiger partial charge in [0.05, 0.1) is 16.2 Å². The third kappa shape index (κ3) is 2.55. The number of aromatic hydroxyl groups is 2. The van der Waals surface area contributed by atoms with Gasteiger partial charge in [-0.2, -0.15) is 0 Å². The molecule has 0 saturated carbocycles. The van der Waals surface area contributed by atoms with Gasteiger partial charge < -0.3 is 15.5 Å². The van der Waals surface area contributed by atoms with Crippen molar-refractivity contribution in [3.05, 3.63) is 87.0 Å². The van der Waals surface area contributed by atoms with Gasteiger partial charge >= 0.3 is 5.69 Å². The van der Waals surface area contributed by atoms with Crippen LogP contribution in [-0.2, 0) is 0 Å². The molecule has 0 unspecified atom stereocenters. The molecule has 0 atom stereocenters. The summed E-state index contributed by atoms with van der Waals surface area (Å²) in [5.41, 5.74) is -0.490. The lowest BCUT2D eigenvalue weighted by molar-refractivity contribution is -0.385. The van der Waals surface area contributed by atoms with E-state index < -0.39 is 33.7 Å². The molecule has 0 aromatic heterocycles. The summed E-state index contributed by atoms with van der Waals surface area (Å²) in [6.07, 6.45) is 0. The summed E-state index contributed by atoms with van der Waals surface area (Å²) in [7, 11) is 0.